The van der Waals surface area contributed by atoms with E-state index in [9.17, 15) is 14.4 Å². The molecule has 0 bridgehead atoms. The standard InChI is InChI=1S/C25H15NO4S/c27-19-12-14-11-16-6-4-5-15-9-10-18(31-17-7-2-1-3-8-17)13-25(15,16)30-22(14)21-20(19)23(28)26-24(21)29/h1-13,20H,(H,26,28,29). The van der Waals surface area contributed by atoms with Crippen molar-refractivity contribution in [3.63, 3.8) is 0 Å². The number of allylic oxidation sites excluding steroid dienone is 5. The van der Waals surface area contributed by atoms with Gasteiger partial charge in [-0.1, -0.05) is 54.3 Å². The summed E-state index contributed by atoms with van der Waals surface area (Å²) in [6.45, 7) is 0. The predicted molar refractivity (Wildman–Crippen MR) is 115 cm³/mol. The second kappa shape index (κ2) is 6.43. The smallest absolute Gasteiger partial charge is 0.258 e. The van der Waals surface area contributed by atoms with E-state index < -0.39 is 29.1 Å². The van der Waals surface area contributed by atoms with Gasteiger partial charge in [-0.05, 0) is 36.4 Å². The van der Waals surface area contributed by atoms with Crippen molar-refractivity contribution in [1.29, 1.82) is 0 Å². The van der Waals surface area contributed by atoms with Crippen molar-refractivity contribution in [2.24, 2.45) is 5.92 Å². The number of carbonyl (C=O) groups is 3. The summed E-state index contributed by atoms with van der Waals surface area (Å²) in [6.07, 6.45) is 15.2. The minimum absolute atomic E-state index is 0.103. The fourth-order valence-electron chi connectivity index (χ4n) is 4.45. The average molecular weight is 425 g/mol. The molecule has 2 amide bonds. The lowest BCUT2D eigenvalue weighted by atomic mass is 9.75. The molecule has 5 aliphatic rings. The molecule has 2 unspecified atom stereocenters. The Morgan fingerprint density at radius 3 is 2.65 bits per heavy atom. The summed E-state index contributed by atoms with van der Waals surface area (Å²) in [5, 5.41) is 2.25. The number of thioether (sulfide) groups is 1. The van der Waals surface area contributed by atoms with Crippen molar-refractivity contribution in [2.75, 3.05) is 0 Å². The van der Waals surface area contributed by atoms with Gasteiger partial charge in [-0.15, -0.1) is 0 Å². The molecule has 1 aromatic rings. The number of ether oxygens (including phenoxy) is 1. The van der Waals surface area contributed by atoms with Crippen molar-refractivity contribution in [1.82, 2.24) is 5.32 Å². The van der Waals surface area contributed by atoms with Crippen LogP contribution in [0.4, 0.5) is 0 Å². The van der Waals surface area contributed by atoms with Crippen LogP contribution in [0.1, 0.15) is 0 Å². The first-order valence-electron chi connectivity index (χ1n) is 9.84. The Bertz CT molecular complexity index is 1310. The van der Waals surface area contributed by atoms with Crippen molar-refractivity contribution < 1.29 is 19.1 Å². The summed E-state index contributed by atoms with van der Waals surface area (Å²) >= 11 is 1.62. The van der Waals surface area contributed by atoms with Gasteiger partial charge in [0.05, 0.1) is 5.57 Å². The molecule has 6 heteroatoms. The van der Waals surface area contributed by atoms with E-state index in [1.165, 1.54) is 6.08 Å². The number of nitrogens with one attached hydrogen (secondary N) is 1. The van der Waals surface area contributed by atoms with Gasteiger partial charge in [-0.2, -0.15) is 0 Å². The zero-order chi connectivity index (χ0) is 21.2. The summed E-state index contributed by atoms with van der Waals surface area (Å²) in [4.78, 5) is 39.3. The van der Waals surface area contributed by atoms with Crippen LogP contribution in [0.5, 0.6) is 0 Å². The molecular formula is C25H15NO4S. The Morgan fingerprint density at radius 2 is 1.81 bits per heavy atom. The number of imide groups is 1. The molecule has 1 aromatic carbocycles. The maximum absolute atomic E-state index is 12.5. The van der Waals surface area contributed by atoms with Crippen molar-refractivity contribution >= 4 is 29.4 Å². The van der Waals surface area contributed by atoms with E-state index in [0.29, 0.717) is 11.3 Å². The number of rotatable bonds is 2. The highest BCUT2D eigenvalue weighted by atomic mass is 32.2. The Kier molecular flexibility index (Phi) is 3.76. The number of ketones is 1. The molecule has 2 heterocycles. The molecule has 5 nitrogen and oxygen atoms in total. The van der Waals surface area contributed by atoms with E-state index in [2.05, 4.69) is 5.32 Å². The number of benzene rings is 1. The predicted octanol–water partition coefficient (Wildman–Crippen LogP) is 3.46. The number of hydrogen-bond acceptors (Lipinski definition) is 5. The molecule has 31 heavy (non-hydrogen) atoms. The van der Waals surface area contributed by atoms with Crippen molar-refractivity contribution in [2.45, 2.75) is 10.5 Å². The van der Waals surface area contributed by atoms with E-state index in [1.54, 1.807) is 11.8 Å². The Labute approximate surface area is 182 Å². The highest BCUT2D eigenvalue weighted by Gasteiger charge is 2.51. The van der Waals surface area contributed by atoms with E-state index in [4.69, 9.17) is 4.74 Å². The van der Waals surface area contributed by atoms with Gasteiger partial charge < -0.3 is 4.74 Å². The summed E-state index contributed by atoms with van der Waals surface area (Å²) in [6, 6.07) is 10.0. The van der Waals surface area contributed by atoms with Crippen LogP contribution in [0.2, 0.25) is 0 Å². The van der Waals surface area contributed by atoms with Gasteiger partial charge in [0.2, 0.25) is 5.91 Å². The Balaban J connectivity index is 1.51. The summed E-state index contributed by atoms with van der Waals surface area (Å²) in [5.74, 6) is -2.40. The van der Waals surface area contributed by atoms with Crippen LogP contribution < -0.4 is 5.32 Å². The summed E-state index contributed by atoms with van der Waals surface area (Å²) in [7, 11) is 0. The van der Waals surface area contributed by atoms with Gasteiger partial charge in [-0.3, -0.25) is 19.7 Å². The van der Waals surface area contributed by atoms with E-state index in [-0.39, 0.29) is 5.57 Å². The zero-order valence-corrected chi connectivity index (χ0v) is 16.9. The lowest BCUT2D eigenvalue weighted by Crippen LogP contribution is -2.41. The molecule has 150 valence electrons. The molecule has 1 spiro atoms. The van der Waals surface area contributed by atoms with Crippen LogP contribution in [0.15, 0.2) is 117 Å². The van der Waals surface area contributed by atoms with Crippen LogP contribution in [-0.2, 0) is 19.1 Å². The first-order chi connectivity index (χ1) is 15.0. The molecule has 2 atom stereocenters. The SMILES string of the molecule is O=C1NC(=O)C2C(=O)C=C3C=C4C=CC=C5C=CC(Sc6ccccc6)=CC54OC3=C12. The number of fused-ring (bicyclic) bond motifs is 2. The summed E-state index contributed by atoms with van der Waals surface area (Å²) in [5.41, 5.74) is 1.49. The molecule has 1 saturated heterocycles. The van der Waals surface area contributed by atoms with Gasteiger partial charge in [0, 0.05) is 26.5 Å². The molecular weight excluding hydrogens is 410 g/mol. The highest BCUT2D eigenvalue weighted by molar-refractivity contribution is 8.03. The number of hydrogen-bond donors (Lipinski definition) is 1. The van der Waals surface area contributed by atoms with Crippen molar-refractivity contribution in [3.8, 4) is 0 Å². The quantitative estimate of drug-likeness (QED) is 0.580. The second-order valence-corrected chi connectivity index (χ2v) is 8.86. The van der Waals surface area contributed by atoms with Gasteiger partial charge in [0.15, 0.2) is 11.4 Å². The molecule has 0 saturated carbocycles. The van der Waals surface area contributed by atoms with Crippen LogP contribution in [0, 0.1) is 5.92 Å². The molecule has 6 rings (SSSR count). The monoisotopic (exact) mass is 425 g/mol. The van der Waals surface area contributed by atoms with Crippen LogP contribution >= 0.6 is 11.8 Å². The Hall–Kier alpha value is -3.64. The lowest BCUT2D eigenvalue weighted by Gasteiger charge is -2.43. The first-order valence-corrected chi connectivity index (χ1v) is 10.7. The normalized spacial score (nSPS) is 27.7. The van der Waals surface area contributed by atoms with Crippen LogP contribution in [0.25, 0.3) is 0 Å². The maximum Gasteiger partial charge on any atom is 0.258 e. The second-order valence-electron chi connectivity index (χ2n) is 7.71. The van der Waals surface area contributed by atoms with Crippen molar-refractivity contribution in [3.05, 3.63) is 112 Å². The number of carbonyl (C=O) groups excluding carboxylic acids is 3. The largest absolute Gasteiger partial charge is 0.472 e. The molecule has 0 aromatic heterocycles. The maximum atomic E-state index is 12.5. The third-order valence-corrected chi connectivity index (χ3v) is 6.85. The zero-order valence-electron chi connectivity index (χ0n) is 16.1. The third kappa shape index (κ3) is 2.61. The highest BCUT2D eigenvalue weighted by Crippen LogP contribution is 2.50. The fourth-order valence-corrected chi connectivity index (χ4v) is 5.38. The van der Waals surface area contributed by atoms with Gasteiger partial charge in [-0.25, -0.2) is 0 Å². The van der Waals surface area contributed by atoms with Gasteiger partial charge in [0.25, 0.3) is 5.91 Å². The molecule has 0 radical (unpaired) electrons. The van der Waals surface area contributed by atoms with Crippen LogP contribution in [0.3, 0.4) is 0 Å². The van der Waals surface area contributed by atoms with E-state index in [0.717, 1.165) is 20.9 Å². The minimum Gasteiger partial charge on any atom is -0.472 e. The lowest BCUT2D eigenvalue weighted by molar-refractivity contribution is -0.129. The Morgan fingerprint density at radius 1 is 0.968 bits per heavy atom. The average Bonchev–Trinajstić information content (AvgIpc) is 3.07. The minimum atomic E-state index is -1.13. The molecule has 2 aliphatic heterocycles. The topological polar surface area (TPSA) is 72.5 Å². The third-order valence-electron chi connectivity index (χ3n) is 5.86. The van der Waals surface area contributed by atoms with Crippen LogP contribution in [-0.4, -0.2) is 23.2 Å². The van der Waals surface area contributed by atoms with Gasteiger partial charge >= 0.3 is 0 Å². The van der Waals surface area contributed by atoms with E-state index in [1.807, 2.05) is 72.9 Å². The molecule has 1 N–H and O–H groups in total. The fraction of sp³-hybridized carbons (Fsp3) is 0.0800. The first kappa shape index (κ1) is 18.2. The van der Waals surface area contributed by atoms with Gasteiger partial charge in [0.1, 0.15) is 11.7 Å². The molecule has 3 aliphatic carbocycles. The number of amides is 2. The molecule has 1 fully saturated rings. The summed E-state index contributed by atoms with van der Waals surface area (Å²) < 4.78 is 6.55. The van der Waals surface area contributed by atoms with E-state index >= 15 is 0 Å².